The molecule has 1 atom stereocenters. The molecule has 0 saturated carbocycles. The first-order valence-electron chi connectivity index (χ1n) is 11.3. The maximum Gasteiger partial charge on any atom is 0.573 e. The second-order valence-electron chi connectivity index (χ2n) is 8.66. The number of carbonyl (C=O) groups is 1. The lowest BCUT2D eigenvalue weighted by atomic mass is 9.76. The molecule has 0 aromatic heterocycles. The van der Waals surface area contributed by atoms with Gasteiger partial charge in [-0.3, -0.25) is 9.69 Å². The van der Waals surface area contributed by atoms with Crippen LogP contribution in [0.5, 0.6) is 11.5 Å². The highest BCUT2D eigenvalue weighted by Gasteiger charge is 2.36. The number of likely N-dealkylation sites (tertiary alicyclic amines) is 1. The monoisotopic (exact) mass is 541 g/mol. The maximum absolute atomic E-state index is 13.6. The van der Waals surface area contributed by atoms with Gasteiger partial charge in [0.05, 0.1) is 7.11 Å². The van der Waals surface area contributed by atoms with Crippen LogP contribution in [0.2, 0.25) is 0 Å². The molecule has 1 aliphatic rings. The summed E-state index contributed by atoms with van der Waals surface area (Å²) in [6, 6.07) is 15.5. The molecule has 4 rings (SSSR count). The smallest absolute Gasteiger partial charge is 0.496 e. The van der Waals surface area contributed by atoms with Gasteiger partial charge in [0.2, 0.25) is 0 Å². The second kappa shape index (κ2) is 11.9. The minimum Gasteiger partial charge on any atom is -0.496 e. The Kier molecular flexibility index (Phi) is 9.15. The van der Waals surface area contributed by atoms with Crippen LogP contribution in [0.3, 0.4) is 0 Å². The highest BCUT2D eigenvalue weighted by molar-refractivity contribution is 5.85. The molecule has 0 amide bonds. The van der Waals surface area contributed by atoms with Crippen LogP contribution in [-0.2, 0) is 11.3 Å². The lowest BCUT2D eigenvalue weighted by Crippen LogP contribution is -2.43. The van der Waals surface area contributed by atoms with Gasteiger partial charge >= 0.3 is 6.36 Å². The van der Waals surface area contributed by atoms with E-state index < -0.39 is 29.8 Å². The number of ether oxygens (including phenoxy) is 2. The molecule has 1 aliphatic heterocycles. The number of rotatable bonds is 7. The van der Waals surface area contributed by atoms with Crippen LogP contribution in [0.1, 0.15) is 29.0 Å². The van der Waals surface area contributed by atoms with Crippen LogP contribution >= 0.6 is 12.4 Å². The third-order valence-corrected chi connectivity index (χ3v) is 6.28. The molecule has 10 heteroatoms. The number of nitrogens with zero attached hydrogens (tertiary/aromatic N) is 1. The predicted molar refractivity (Wildman–Crippen MR) is 130 cm³/mol. The van der Waals surface area contributed by atoms with Crippen molar-refractivity contribution in [2.24, 2.45) is 5.92 Å². The summed E-state index contributed by atoms with van der Waals surface area (Å²) >= 11 is 0. The molecule has 1 heterocycles. The standard InChI is InChI=1S/C27H24F5NO3.ClH/c1-35-25-11-10-22(36-27(30,31)32)14-19(25)15-33-13-12-24(34)23(16-33)26(17-2-6-20(28)7-3-17)18-4-8-21(29)9-5-18;/h2-11,14,23,26H,12-13,15-16H2,1H3;1H. The van der Waals surface area contributed by atoms with Gasteiger partial charge in [-0.25, -0.2) is 8.78 Å². The number of carbonyl (C=O) groups excluding carboxylic acids is 1. The molecular formula is C27H25ClF5NO3. The summed E-state index contributed by atoms with van der Waals surface area (Å²) in [5.74, 6) is -1.78. The Morgan fingerprint density at radius 1 is 0.946 bits per heavy atom. The largest absolute Gasteiger partial charge is 0.573 e. The van der Waals surface area contributed by atoms with Crippen molar-refractivity contribution in [3.8, 4) is 11.5 Å². The highest BCUT2D eigenvalue weighted by Crippen LogP contribution is 2.37. The second-order valence-corrected chi connectivity index (χ2v) is 8.66. The van der Waals surface area contributed by atoms with E-state index in [0.717, 1.165) is 0 Å². The highest BCUT2D eigenvalue weighted by atomic mass is 35.5. The van der Waals surface area contributed by atoms with E-state index in [1.165, 1.54) is 49.6 Å². The first-order valence-corrected chi connectivity index (χ1v) is 11.3. The van der Waals surface area contributed by atoms with Crippen molar-refractivity contribution < 1.29 is 36.2 Å². The zero-order valence-corrected chi connectivity index (χ0v) is 20.6. The number of Topliss-reactive ketones (excluding diaryl/α,β-unsaturated/α-hetero) is 1. The van der Waals surface area contributed by atoms with E-state index in [-0.39, 0.29) is 36.9 Å². The first-order chi connectivity index (χ1) is 17.1. The minimum atomic E-state index is -4.83. The Bertz CT molecular complexity index is 1160. The number of ketones is 1. The molecule has 1 saturated heterocycles. The summed E-state index contributed by atoms with van der Waals surface area (Å²) in [5.41, 5.74) is 1.90. The summed E-state index contributed by atoms with van der Waals surface area (Å²) in [7, 11) is 1.42. The van der Waals surface area contributed by atoms with Gasteiger partial charge < -0.3 is 9.47 Å². The van der Waals surface area contributed by atoms with Crippen molar-refractivity contribution in [3.63, 3.8) is 0 Å². The average Bonchev–Trinajstić information content (AvgIpc) is 2.83. The van der Waals surface area contributed by atoms with Gasteiger partial charge in [0.15, 0.2) is 0 Å². The fraction of sp³-hybridized carbons (Fsp3) is 0.296. The average molecular weight is 542 g/mol. The first kappa shape index (κ1) is 28.4. The molecule has 3 aromatic carbocycles. The molecule has 0 bridgehead atoms. The van der Waals surface area contributed by atoms with Crippen LogP contribution in [-0.4, -0.2) is 37.2 Å². The molecule has 0 aliphatic carbocycles. The molecule has 3 aromatic rings. The Balaban J connectivity index is 0.00000380. The number of alkyl halides is 3. The Morgan fingerprint density at radius 2 is 1.51 bits per heavy atom. The Hall–Kier alpha value is -3.17. The summed E-state index contributed by atoms with van der Waals surface area (Å²) in [6.07, 6.45) is -4.60. The Morgan fingerprint density at radius 3 is 2.03 bits per heavy atom. The summed E-state index contributed by atoms with van der Waals surface area (Å²) < 4.78 is 74.8. The Labute approximate surface area is 217 Å². The van der Waals surface area contributed by atoms with Gasteiger partial charge in [0, 0.05) is 43.5 Å². The van der Waals surface area contributed by atoms with Gasteiger partial charge in [0.25, 0.3) is 0 Å². The lowest BCUT2D eigenvalue weighted by Gasteiger charge is -2.36. The number of piperidine rings is 1. The van der Waals surface area contributed by atoms with Crippen molar-refractivity contribution in [2.45, 2.75) is 25.2 Å². The van der Waals surface area contributed by atoms with Crippen LogP contribution in [0.15, 0.2) is 66.7 Å². The topological polar surface area (TPSA) is 38.8 Å². The molecular weight excluding hydrogens is 517 g/mol. The molecule has 37 heavy (non-hydrogen) atoms. The summed E-state index contributed by atoms with van der Waals surface area (Å²) in [6.45, 7) is 0.926. The van der Waals surface area contributed by atoms with E-state index in [1.54, 1.807) is 24.3 Å². The van der Waals surface area contributed by atoms with Gasteiger partial charge in [-0.1, -0.05) is 24.3 Å². The van der Waals surface area contributed by atoms with Crippen molar-refractivity contribution in [1.29, 1.82) is 0 Å². The van der Waals surface area contributed by atoms with Gasteiger partial charge in [-0.15, -0.1) is 25.6 Å². The SMILES string of the molecule is COc1ccc(OC(F)(F)F)cc1CN1CCC(=O)C(C(c2ccc(F)cc2)c2ccc(F)cc2)C1.Cl. The fourth-order valence-electron chi connectivity index (χ4n) is 4.67. The van der Waals surface area contributed by atoms with Gasteiger partial charge in [-0.05, 0) is 53.6 Å². The summed E-state index contributed by atoms with van der Waals surface area (Å²) in [4.78, 5) is 15.1. The van der Waals surface area contributed by atoms with Crippen molar-refractivity contribution >= 4 is 18.2 Å². The van der Waals surface area contributed by atoms with Crippen LogP contribution in [0, 0.1) is 17.6 Å². The van der Waals surface area contributed by atoms with E-state index >= 15 is 0 Å². The third kappa shape index (κ3) is 7.20. The molecule has 198 valence electrons. The van der Waals surface area contributed by atoms with Gasteiger partial charge in [0.1, 0.15) is 28.9 Å². The van der Waals surface area contributed by atoms with E-state index in [1.807, 2.05) is 4.90 Å². The van der Waals surface area contributed by atoms with Crippen LogP contribution in [0.25, 0.3) is 0 Å². The van der Waals surface area contributed by atoms with Crippen molar-refractivity contribution in [2.75, 3.05) is 20.2 Å². The molecule has 1 unspecified atom stereocenters. The van der Waals surface area contributed by atoms with Crippen LogP contribution in [0.4, 0.5) is 22.0 Å². The van der Waals surface area contributed by atoms with Crippen molar-refractivity contribution in [1.82, 2.24) is 4.90 Å². The van der Waals surface area contributed by atoms with Crippen molar-refractivity contribution in [3.05, 3.63) is 95.1 Å². The van der Waals surface area contributed by atoms with Gasteiger partial charge in [-0.2, -0.15) is 0 Å². The maximum atomic E-state index is 13.6. The lowest BCUT2D eigenvalue weighted by molar-refractivity contribution is -0.274. The van der Waals surface area contributed by atoms with E-state index in [9.17, 15) is 26.7 Å². The molecule has 0 N–H and O–H groups in total. The number of halogens is 6. The number of hydrogen-bond acceptors (Lipinski definition) is 4. The third-order valence-electron chi connectivity index (χ3n) is 6.28. The zero-order chi connectivity index (χ0) is 25.9. The molecule has 0 spiro atoms. The number of methoxy groups -OCH3 is 1. The van der Waals surface area contributed by atoms with Crippen LogP contribution < -0.4 is 9.47 Å². The minimum absolute atomic E-state index is 0. The normalized spacial score (nSPS) is 16.4. The van der Waals surface area contributed by atoms with E-state index in [4.69, 9.17) is 4.74 Å². The van der Waals surface area contributed by atoms with E-state index in [0.29, 0.717) is 35.5 Å². The number of hydrogen-bond donors (Lipinski definition) is 0. The summed E-state index contributed by atoms with van der Waals surface area (Å²) in [5, 5.41) is 0. The zero-order valence-electron chi connectivity index (χ0n) is 19.8. The van der Waals surface area contributed by atoms with E-state index in [2.05, 4.69) is 4.74 Å². The molecule has 4 nitrogen and oxygen atoms in total. The molecule has 0 radical (unpaired) electrons. The quantitative estimate of drug-likeness (QED) is 0.319. The molecule has 1 fully saturated rings. The fourth-order valence-corrected chi connectivity index (χ4v) is 4.67. The predicted octanol–water partition coefficient (Wildman–Crippen LogP) is 6.52. The number of benzene rings is 3.